The van der Waals surface area contributed by atoms with Crippen molar-refractivity contribution >= 4 is 34.4 Å². The lowest BCUT2D eigenvalue weighted by Gasteiger charge is -2.28. The highest BCUT2D eigenvalue weighted by molar-refractivity contribution is 7.07. The maximum Gasteiger partial charge on any atom is 0.271 e. The van der Waals surface area contributed by atoms with Crippen LogP contribution in [0.25, 0.3) is 5.57 Å². The van der Waals surface area contributed by atoms with E-state index in [1.54, 1.807) is 38.3 Å². The molecule has 0 spiro atoms. The zero-order valence-corrected chi connectivity index (χ0v) is 23.3. The third-order valence-electron chi connectivity index (χ3n) is 7.19. The molecule has 3 aromatic rings. The molecule has 1 atom stereocenters. The lowest BCUT2D eigenvalue weighted by Crippen LogP contribution is -2.44. The molecule has 3 heterocycles. The number of ether oxygens (including phenoxy) is 2. The molecule has 2 aliphatic heterocycles. The third kappa shape index (κ3) is 4.44. The van der Waals surface area contributed by atoms with Gasteiger partial charge in [-0.3, -0.25) is 19.0 Å². The summed E-state index contributed by atoms with van der Waals surface area (Å²) in [7, 11) is 3.09. The molecule has 0 fully saturated rings. The second-order valence-electron chi connectivity index (χ2n) is 9.37. The van der Waals surface area contributed by atoms with Crippen molar-refractivity contribution in [3.63, 3.8) is 0 Å². The van der Waals surface area contributed by atoms with Crippen molar-refractivity contribution in [1.82, 2.24) is 9.88 Å². The molecule has 2 amide bonds. The number of amides is 2. The van der Waals surface area contributed by atoms with E-state index >= 15 is 0 Å². The third-order valence-corrected chi connectivity index (χ3v) is 8.25. The van der Waals surface area contributed by atoms with E-state index in [1.807, 2.05) is 32.0 Å². The van der Waals surface area contributed by atoms with E-state index < -0.39 is 11.6 Å². The Morgan fingerprint density at radius 2 is 1.87 bits per heavy atom. The molecule has 0 bridgehead atoms. The van der Waals surface area contributed by atoms with Crippen LogP contribution in [0.15, 0.2) is 63.5 Å². The first-order valence-electron chi connectivity index (χ1n) is 12.8. The maximum absolute atomic E-state index is 14.2. The number of thiazole rings is 1. The lowest BCUT2D eigenvalue weighted by atomic mass is 9.93. The standard InChI is InChI=1S/C29H30N4O5S/c1-6-16(7-2)31-26(34)22-15(3)30-29-33(24(22)19-14-17(37-4)12-13-21(19)38-5)28(36)25(39-29)23-18-10-8-9-11-20(18)32-27(23)35/h8-14,16,24H,6-7H2,1-5H3,(H,31,34)(H,32,35). The van der Waals surface area contributed by atoms with Crippen molar-refractivity contribution in [3.05, 3.63) is 84.5 Å². The van der Waals surface area contributed by atoms with Gasteiger partial charge in [-0.1, -0.05) is 43.4 Å². The Morgan fingerprint density at radius 3 is 2.56 bits per heavy atom. The molecule has 0 saturated carbocycles. The minimum Gasteiger partial charge on any atom is -0.497 e. The first kappa shape index (κ1) is 26.4. The van der Waals surface area contributed by atoms with E-state index in [9.17, 15) is 14.4 Å². The normalized spacial score (nSPS) is 17.4. The Hall–Kier alpha value is -4.18. The summed E-state index contributed by atoms with van der Waals surface area (Å²) in [6.07, 6.45) is 1.53. The van der Waals surface area contributed by atoms with Crippen LogP contribution in [0.4, 0.5) is 5.69 Å². The highest BCUT2D eigenvalue weighted by atomic mass is 32.1. The molecule has 1 aromatic heterocycles. The number of para-hydroxylation sites is 1. The molecule has 9 nitrogen and oxygen atoms in total. The van der Waals surface area contributed by atoms with Gasteiger partial charge < -0.3 is 20.1 Å². The summed E-state index contributed by atoms with van der Waals surface area (Å²) in [6.45, 7) is 5.79. The van der Waals surface area contributed by atoms with Crippen LogP contribution >= 0.6 is 11.3 Å². The van der Waals surface area contributed by atoms with E-state index in [-0.39, 0.29) is 22.4 Å². The van der Waals surface area contributed by atoms with Crippen LogP contribution in [0.5, 0.6) is 11.5 Å². The van der Waals surface area contributed by atoms with Crippen molar-refractivity contribution in [2.24, 2.45) is 4.99 Å². The smallest absolute Gasteiger partial charge is 0.271 e. The van der Waals surface area contributed by atoms with Crippen molar-refractivity contribution in [2.75, 3.05) is 19.5 Å². The number of benzene rings is 2. The molecular formula is C29H30N4O5S. The number of nitrogens with one attached hydrogen (secondary N) is 2. The van der Waals surface area contributed by atoms with Gasteiger partial charge in [0.2, 0.25) is 0 Å². The van der Waals surface area contributed by atoms with Crippen LogP contribution < -0.4 is 35.0 Å². The first-order chi connectivity index (χ1) is 18.8. The van der Waals surface area contributed by atoms with Gasteiger partial charge in [0, 0.05) is 22.9 Å². The van der Waals surface area contributed by atoms with Gasteiger partial charge in [0.1, 0.15) is 22.1 Å². The van der Waals surface area contributed by atoms with Gasteiger partial charge >= 0.3 is 0 Å². The molecule has 2 aliphatic rings. The van der Waals surface area contributed by atoms with E-state index in [1.165, 1.54) is 11.7 Å². The van der Waals surface area contributed by atoms with Gasteiger partial charge in [0.05, 0.1) is 31.1 Å². The second-order valence-corrected chi connectivity index (χ2v) is 10.3. The summed E-state index contributed by atoms with van der Waals surface area (Å²) in [4.78, 5) is 46.1. The fourth-order valence-electron chi connectivity index (χ4n) is 5.11. The highest BCUT2D eigenvalue weighted by Gasteiger charge is 2.36. The Labute approximate surface area is 229 Å². The molecule has 1 unspecified atom stereocenters. The van der Waals surface area contributed by atoms with Gasteiger partial charge in [-0.05, 0) is 44.0 Å². The summed E-state index contributed by atoms with van der Waals surface area (Å²) in [5.41, 5.74) is 2.61. The van der Waals surface area contributed by atoms with Crippen LogP contribution in [0, 0.1) is 0 Å². The molecule has 202 valence electrons. The number of rotatable bonds is 7. The van der Waals surface area contributed by atoms with Crippen molar-refractivity contribution < 1.29 is 19.1 Å². The average Bonchev–Trinajstić information content (AvgIpc) is 3.44. The van der Waals surface area contributed by atoms with Crippen LogP contribution in [0.3, 0.4) is 0 Å². The molecule has 39 heavy (non-hydrogen) atoms. The van der Waals surface area contributed by atoms with Gasteiger partial charge in [-0.2, -0.15) is 0 Å². The summed E-state index contributed by atoms with van der Waals surface area (Å²) in [6, 6.07) is 11.6. The summed E-state index contributed by atoms with van der Waals surface area (Å²) < 4.78 is 12.9. The predicted molar refractivity (Wildman–Crippen MR) is 150 cm³/mol. The SMILES string of the molecule is CCC(CC)NC(=O)C1=C(C)N=c2sc(=C3C(=O)Nc4ccccc43)c(=O)n2C1c1cc(OC)ccc1OC. The van der Waals surface area contributed by atoms with Gasteiger partial charge in [0.25, 0.3) is 17.4 Å². The fraction of sp³-hybridized carbons (Fsp3) is 0.310. The fourth-order valence-corrected chi connectivity index (χ4v) is 6.25. The Kier molecular flexibility index (Phi) is 7.14. The number of carbonyl (C=O) groups is 2. The van der Waals surface area contributed by atoms with E-state index in [4.69, 9.17) is 14.5 Å². The van der Waals surface area contributed by atoms with Crippen LogP contribution in [-0.2, 0) is 9.59 Å². The molecule has 0 saturated heterocycles. The molecule has 10 heteroatoms. The van der Waals surface area contributed by atoms with E-state index in [0.29, 0.717) is 50.0 Å². The monoisotopic (exact) mass is 546 g/mol. The van der Waals surface area contributed by atoms with Crippen molar-refractivity contribution in [2.45, 2.75) is 45.7 Å². The average molecular weight is 547 g/mol. The lowest BCUT2D eigenvalue weighted by molar-refractivity contribution is -0.118. The summed E-state index contributed by atoms with van der Waals surface area (Å²) in [5.74, 6) is 0.390. The molecule has 0 radical (unpaired) electrons. The number of anilines is 1. The maximum atomic E-state index is 14.2. The Bertz CT molecular complexity index is 1700. The second kappa shape index (κ2) is 10.5. The predicted octanol–water partition coefficient (Wildman–Crippen LogP) is 2.88. The van der Waals surface area contributed by atoms with Crippen molar-refractivity contribution in [3.8, 4) is 11.5 Å². The minimum atomic E-state index is -0.852. The molecule has 2 aromatic carbocycles. The number of fused-ring (bicyclic) bond motifs is 2. The number of carbonyl (C=O) groups excluding carboxylic acids is 2. The summed E-state index contributed by atoms with van der Waals surface area (Å²) in [5, 5.41) is 5.95. The molecule has 2 N–H and O–H groups in total. The topological polar surface area (TPSA) is 111 Å². The van der Waals surface area contributed by atoms with Crippen LogP contribution in [0.2, 0.25) is 0 Å². The van der Waals surface area contributed by atoms with Crippen LogP contribution in [-0.4, -0.2) is 36.6 Å². The Morgan fingerprint density at radius 1 is 1.13 bits per heavy atom. The largest absolute Gasteiger partial charge is 0.497 e. The van der Waals surface area contributed by atoms with Gasteiger partial charge in [0.15, 0.2) is 4.80 Å². The number of nitrogens with zero attached hydrogens (tertiary/aromatic N) is 2. The highest BCUT2D eigenvalue weighted by Crippen LogP contribution is 2.38. The zero-order chi connectivity index (χ0) is 27.8. The number of methoxy groups -OCH3 is 2. The van der Waals surface area contributed by atoms with Gasteiger partial charge in [-0.25, -0.2) is 4.99 Å². The number of hydrogen-bond acceptors (Lipinski definition) is 7. The van der Waals surface area contributed by atoms with Crippen LogP contribution in [0.1, 0.15) is 50.8 Å². The number of aromatic nitrogens is 1. The number of allylic oxidation sites excluding steroid dienone is 1. The molecular weight excluding hydrogens is 516 g/mol. The first-order valence-corrected chi connectivity index (χ1v) is 13.6. The number of hydrogen-bond donors (Lipinski definition) is 2. The summed E-state index contributed by atoms with van der Waals surface area (Å²) >= 11 is 1.14. The van der Waals surface area contributed by atoms with E-state index in [2.05, 4.69) is 10.6 Å². The zero-order valence-electron chi connectivity index (χ0n) is 22.5. The Balaban J connectivity index is 1.81. The molecule has 0 aliphatic carbocycles. The van der Waals surface area contributed by atoms with Gasteiger partial charge in [-0.15, -0.1) is 0 Å². The molecule has 5 rings (SSSR count). The minimum absolute atomic E-state index is 0.0314. The van der Waals surface area contributed by atoms with Crippen molar-refractivity contribution in [1.29, 1.82) is 0 Å². The van der Waals surface area contributed by atoms with E-state index in [0.717, 1.165) is 24.2 Å². The quantitative estimate of drug-likeness (QED) is 0.474.